The van der Waals surface area contributed by atoms with Gasteiger partial charge in [0.2, 0.25) is 0 Å². The molecule has 0 radical (unpaired) electrons. The average molecular weight is 323 g/mol. The molecule has 1 aromatic rings. The standard InChI is InChI=1S/C13H16F3NO3S/c1-12(18,13(14,15)16)9-17-6-7-21(19,20)11-5-3-2-4-10(11)8-17/h2-5,18H,6-9H2,1H3/t12-/m0/s1. The van der Waals surface area contributed by atoms with Gasteiger partial charge in [0.15, 0.2) is 15.4 Å². The minimum absolute atomic E-state index is 0.0523. The lowest BCUT2D eigenvalue weighted by molar-refractivity contribution is -0.257. The first-order valence-electron chi connectivity index (χ1n) is 6.35. The molecule has 0 aliphatic carbocycles. The minimum Gasteiger partial charge on any atom is -0.380 e. The van der Waals surface area contributed by atoms with Crippen LogP contribution >= 0.6 is 0 Å². The van der Waals surface area contributed by atoms with Gasteiger partial charge in [-0.25, -0.2) is 8.42 Å². The van der Waals surface area contributed by atoms with Gasteiger partial charge in [-0.15, -0.1) is 0 Å². The molecule has 1 N–H and O–H groups in total. The lowest BCUT2D eigenvalue weighted by atomic mass is 10.1. The van der Waals surface area contributed by atoms with E-state index in [0.717, 1.165) is 0 Å². The summed E-state index contributed by atoms with van der Waals surface area (Å²) in [5.74, 6) is -0.266. The van der Waals surface area contributed by atoms with E-state index in [1.54, 1.807) is 18.2 Å². The Morgan fingerprint density at radius 3 is 2.52 bits per heavy atom. The van der Waals surface area contributed by atoms with Crippen LogP contribution in [-0.4, -0.2) is 49.0 Å². The third kappa shape index (κ3) is 3.38. The summed E-state index contributed by atoms with van der Waals surface area (Å²) in [4.78, 5) is 1.47. The first-order valence-corrected chi connectivity index (χ1v) is 8.00. The number of aliphatic hydroxyl groups is 1. The highest BCUT2D eigenvalue weighted by Crippen LogP contribution is 2.32. The van der Waals surface area contributed by atoms with Gasteiger partial charge >= 0.3 is 6.18 Å². The van der Waals surface area contributed by atoms with Crippen molar-refractivity contribution in [3.8, 4) is 0 Å². The summed E-state index contributed by atoms with van der Waals surface area (Å²) < 4.78 is 62.4. The molecule has 0 aromatic heterocycles. The maximum Gasteiger partial charge on any atom is 0.418 e. The van der Waals surface area contributed by atoms with E-state index in [1.807, 2.05) is 0 Å². The number of alkyl halides is 3. The Bertz CT molecular complexity index is 626. The van der Waals surface area contributed by atoms with Crippen molar-refractivity contribution in [2.24, 2.45) is 0 Å². The molecule has 0 amide bonds. The molecule has 1 aliphatic rings. The van der Waals surface area contributed by atoms with Gasteiger partial charge in [-0.2, -0.15) is 13.2 Å². The number of β-amino-alcohol motifs (C(OH)–C–C–N with tert-alkyl or cyclic N) is 1. The lowest BCUT2D eigenvalue weighted by Crippen LogP contribution is -2.51. The SMILES string of the molecule is C[C@](O)(CN1CCS(=O)(=O)c2ccccc2C1)C(F)(F)F. The Hall–Kier alpha value is -1.12. The Kier molecular flexibility index (Phi) is 4.07. The monoisotopic (exact) mass is 323 g/mol. The molecule has 0 fully saturated rings. The molecule has 21 heavy (non-hydrogen) atoms. The molecular formula is C13H16F3NO3S. The van der Waals surface area contributed by atoms with Crippen molar-refractivity contribution in [3.05, 3.63) is 29.8 Å². The molecule has 118 valence electrons. The van der Waals surface area contributed by atoms with Gasteiger partial charge in [-0.3, -0.25) is 4.90 Å². The normalized spacial score (nSPS) is 22.1. The van der Waals surface area contributed by atoms with Crippen molar-refractivity contribution >= 4 is 9.84 Å². The average Bonchev–Trinajstić information content (AvgIpc) is 2.46. The van der Waals surface area contributed by atoms with Gasteiger partial charge in [-0.1, -0.05) is 18.2 Å². The molecule has 1 heterocycles. The number of benzene rings is 1. The summed E-state index contributed by atoms with van der Waals surface area (Å²) >= 11 is 0. The summed E-state index contributed by atoms with van der Waals surface area (Å²) in [7, 11) is -3.51. The van der Waals surface area contributed by atoms with Crippen molar-refractivity contribution < 1.29 is 26.7 Å². The van der Waals surface area contributed by atoms with Crippen molar-refractivity contribution in [2.45, 2.75) is 30.1 Å². The van der Waals surface area contributed by atoms with Crippen molar-refractivity contribution in [3.63, 3.8) is 0 Å². The van der Waals surface area contributed by atoms with E-state index >= 15 is 0 Å². The predicted octanol–water partition coefficient (Wildman–Crippen LogP) is 1.59. The third-order valence-electron chi connectivity index (χ3n) is 3.52. The van der Waals surface area contributed by atoms with Gasteiger partial charge < -0.3 is 5.11 Å². The van der Waals surface area contributed by atoms with E-state index in [9.17, 15) is 26.7 Å². The van der Waals surface area contributed by atoms with Crippen molar-refractivity contribution in [1.82, 2.24) is 4.90 Å². The summed E-state index contributed by atoms with van der Waals surface area (Å²) in [6, 6.07) is 6.25. The zero-order valence-electron chi connectivity index (χ0n) is 11.4. The Morgan fingerprint density at radius 1 is 1.29 bits per heavy atom. The Morgan fingerprint density at radius 2 is 1.90 bits per heavy atom. The largest absolute Gasteiger partial charge is 0.418 e. The van der Waals surface area contributed by atoms with E-state index in [-0.39, 0.29) is 23.7 Å². The molecule has 2 rings (SSSR count). The number of hydrogen-bond acceptors (Lipinski definition) is 4. The van der Waals surface area contributed by atoms with E-state index in [4.69, 9.17) is 0 Å². The van der Waals surface area contributed by atoms with Crippen LogP contribution in [0.3, 0.4) is 0 Å². The molecule has 1 aromatic carbocycles. The van der Waals surface area contributed by atoms with Gasteiger partial charge in [0.25, 0.3) is 0 Å². The topological polar surface area (TPSA) is 57.6 Å². The first kappa shape index (κ1) is 16.3. The predicted molar refractivity (Wildman–Crippen MR) is 70.5 cm³/mol. The maximum atomic E-state index is 12.7. The van der Waals surface area contributed by atoms with E-state index in [1.165, 1.54) is 11.0 Å². The first-order chi connectivity index (χ1) is 9.53. The third-order valence-corrected chi connectivity index (χ3v) is 5.31. The van der Waals surface area contributed by atoms with E-state index in [0.29, 0.717) is 12.5 Å². The molecule has 0 saturated heterocycles. The van der Waals surface area contributed by atoms with Crippen LogP contribution in [0.4, 0.5) is 13.2 Å². The van der Waals surface area contributed by atoms with Gasteiger partial charge in [0.1, 0.15) is 0 Å². The number of hydrogen-bond donors (Lipinski definition) is 1. The molecular weight excluding hydrogens is 307 g/mol. The highest BCUT2D eigenvalue weighted by Gasteiger charge is 2.50. The van der Waals surface area contributed by atoms with Crippen LogP contribution in [0, 0.1) is 0 Å². The number of halogens is 3. The fraction of sp³-hybridized carbons (Fsp3) is 0.538. The van der Waals surface area contributed by atoms with Crippen LogP contribution in [-0.2, 0) is 16.4 Å². The molecule has 8 heteroatoms. The fourth-order valence-electron chi connectivity index (χ4n) is 2.28. The number of sulfone groups is 1. The molecule has 4 nitrogen and oxygen atoms in total. The van der Waals surface area contributed by atoms with E-state index < -0.39 is 28.2 Å². The molecule has 0 bridgehead atoms. The van der Waals surface area contributed by atoms with Gasteiger partial charge in [-0.05, 0) is 18.6 Å². The number of rotatable bonds is 2. The molecule has 1 atom stereocenters. The summed E-state index contributed by atoms with van der Waals surface area (Å²) in [6.45, 7) is 0.0313. The second-order valence-corrected chi connectivity index (χ2v) is 7.49. The van der Waals surface area contributed by atoms with Crippen LogP contribution in [0.25, 0.3) is 0 Å². The van der Waals surface area contributed by atoms with Crippen molar-refractivity contribution in [2.75, 3.05) is 18.8 Å². The van der Waals surface area contributed by atoms with Gasteiger partial charge in [0.05, 0.1) is 10.6 Å². The highest BCUT2D eigenvalue weighted by atomic mass is 32.2. The number of fused-ring (bicyclic) bond motifs is 1. The van der Waals surface area contributed by atoms with Crippen LogP contribution < -0.4 is 0 Å². The lowest BCUT2D eigenvalue weighted by Gasteiger charge is -2.32. The molecule has 0 unspecified atom stereocenters. The second kappa shape index (κ2) is 5.26. The summed E-state index contributed by atoms with van der Waals surface area (Å²) in [5.41, 5.74) is -2.43. The molecule has 0 saturated carbocycles. The maximum absolute atomic E-state index is 12.7. The number of nitrogens with zero attached hydrogens (tertiary/aromatic N) is 1. The van der Waals surface area contributed by atoms with E-state index in [2.05, 4.69) is 0 Å². The smallest absolute Gasteiger partial charge is 0.380 e. The van der Waals surface area contributed by atoms with Crippen LogP contribution in [0.5, 0.6) is 0 Å². The zero-order chi connectivity index (χ0) is 15.9. The second-order valence-electron chi connectivity index (χ2n) is 5.41. The summed E-state index contributed by atoms with van der Waals surface area (Å²) in [6.07, 6.45) is -4.77. The quantitative estimate of drug-likeness (QED) is 0.898. The molecule has 1 aliphatic heterocycles. The van der Waals surface area contributed by atoms with Crippen LogP contribution in [0.1, 0.15) is 12.5 Å². The molecule has 0 spiro atoms. The minimum atomic E-state index is -4.77. The van der Waals surface area contributed by atoms with Crippen molar-refractivity contribution in [1.29, 1.82) is 0 Å². The Labute approximate surface area is 121 Å². The Balaban J connectivity index is 2.28. The summed E-state index contributed by atoms with van der Waals surface area (Å²) in [5, 5.41) is 9.56. The van der Waals surface area contributed by atoms with Gasteiger partial charge in [0, 0.05) is 19.6 Å². The van der Waals surface area contributed by atoms with Crippen LogP contribution in [0.15, 0.2) is 29.2 Å². The fourth-order valence-corrected chi connectivity index (χ4v) is 3.81. The van der Waals surface area contributed by atoms with Crippen LogP contribution in [0.2, 0.25) is 0 Å². The highest BCUT2D eigenvalue weighted by molar-refractivity contribution is 7.91. The zero-order valence-corrected chi connectivity index (χ0v) is 12.2.